The Balaban J connectivity index is 1.95. The number of aromatic nitrogens is 2. The molecule has 0 aliphatic carbocycles. The molecule has 1 amide bonds. The first-order chi connectivity index (χ1) is 11.8. The van der Waals surface area contributed by atoms with E-state index in [-0.39, 0.29) is 17.0 Å². The van der Waals surface area contributed by atoms with Crippen molar-refractivity contribution in [3.05, 3.63) is 12.5 Å². The predicted molar refractivity (Wildman–Crippen MR) is 95.7 cm³/mol. The van der Waals surface area contributed by atoms with E-state index in [1.54, 1.807) is 22.0 Å². The molecule has 0 unspecified atom stereocenters. The van der Waals surface area contributed by atoms with E-state index in [9.17, 15) is 13.2 Å². The van der Waals surface area contributed by atoms with Crippen LogP contribution >= 0.6 is 0 Å². The number of nitrogens with zero attached hydrogens (tertiary/aromatic N) is 5. The van der Waals surface area contributed by atoms with Crippen LogP contribution in [0.15, 0.2) is 17.6 Å². The van der Waals surface area contributed by atoms with Gasteiger partial charge in [-0.2, -0.15) is 4.31 Å². The zero-order valence-corrected chi connectivity index (χ0v) is 16.4. The molecule has 0 N–H and O–H groups in total. The Bertz CT molecular complexity index is 674. The Morgan fingerprint density at radius 1 is 1.20 bits per heavy atom. The highest BCUT2D eigenvalue weighted by atomic mass is 32.2. The second-order valence-electron chi connectivity index (χ2n) is 6.50. The standard InChI is InChI=1S/C16H29N5O3S/c1-5-19(6-2)16(22)12-18-7-9-21(10-8-18)25(23,24)15-11-20(13-17-15)14(3)4/h11,13-14H,5-10,12H2,1-4H3. The third-order valence-corrected chi connectivity index (χ3v) is 6.37. The Hall–Kier alpha value is -1.45. The lowest BCUT2D eigenvalue weighted by Gasteiger charge is -2.34. The van der Waals surface area contributed by atoms with Crippen molar-refractivity contribution in [3.63, 3.8) is 0 Å². The average Bonchev–Trinajstić information content (AvgIpc) is 3.07. The van der Waals surface area contributed by atoms with Crippen molar-refractivity contribution in [2.45, 2.75) is 38.8 Å². The van der Waals surface area contributed by atoms with Gasteiger partial charge in [-0.25, -0.2) is 13.4 Å². The molecule has 0 spiro atoms. The zero-order valence-electron chi connectivity index (χ0n) is 15.6. The molecule has 0 radical (unpaired) electrons. The first-order valence-electron chi connectivity index (χ1n) is 8.83. The van der Waals surface area contributed by atoms with Gasteiger partial charge in [0, 0.05) is 51.5 Å². The summed E-state index contributed by atoms with van der Waals surface area (Å²) in [5.41, 5.74) is 0. The Kier molecular flexibility index (Phi) is 6.59. The second kappa shape index (κ2) is 8.29. The van der Waals surface area contributed by atoms with Gasteiger partial charge in [0.05, 0.1) is 12.9 Å². The SMILES string of the molecule is CCN(CC)C(=O)CN1CCN(S(=O)(=O)c2cn(C(C)C)cn2)CC1. The number of piperazine rings is 1. The molecular formula is C16H29N5O3S. The van der Waals surface area contributed by atoms with Crippen LogP contribution in [-0.4, -0.2) is 83.8 Å². The Labute approximate surface area is 150 Å². The summed E-state index contributed by atoms with van der Waals surface area (Å²) in [6, 6.07) is 0.166. The number of carbonyl (C=O) groups is 1. The first kappa shape index (κ1) is 19.9. The minimum absolute atomic E-state index is 0.0915. The summed E-state index contributed by atoms with van der Waals surface area (Å²) in [6.45, 7) is 11.5. The summed E-state index contributed by atoms with van der Waals surface area (Å²) in [4.78, 5) is 20.0. The second-order valence-corrected chi connectivity index (χ2v) is 8.38. The van der Waals surface area contributed by atoms with Gasteiger partial charge in [-0.05, 0) is 27.7 Å². The highest BCUT2D eigenvalue weighted by molar-refractivity contribution is 7.89. The van der Waals surface area contributed by atoms with E-state index in [0.717, 1.165) is 0 Å². The van der Waals surface area contributed by atoms with Gasteiger partial charge in [0.15, 0.2) is 5.03 Å². The van der Waals surface area contributed by atoms with Gasteiger partial charge in [0.1, 0.15) is 0 Å². The van der Waals surface area contributed by atoms with Crippen LogP contribution in [0.25, 0.3) is 0 Å². The van der Waals surface area contributed by atoms with Gasteiger partial charge in [0.2, 0.25) is 5.91 Å². The molecule has 1 aliphatic rings. The van der Waals surface area contributed by atoms with Crippen molar-refractivity contribution in [1.29, 1.82) is 0 Å². The molecule has 25 heavy (non-hydrogen) atoms. The fourth-order valence-corrected chi connectivity index (χ4v) is 4.21. The molecule has 1 aliphatic heterocycles. The van der Waals surface area contributed by atoms with Gasteiger partial charge in [-0.3, -0.25) is 9.69 Å². The number of hydrogen-bond donors (Lipinski definition) is 0. The molecule has 1 aromatic heterocycles. The maximum absolute atomic E-state index is 12.7. The highest BCUT2D eigenvalue weighted by Crippen LogP contribution is 2.17. The summed E-state index contributed by atoms with van der Waals surface area (Å²) in [5.74, 6) is 0.0944. The lowest BCUT2D eigenvalue weighted by Crippen LogP contribution is -2.51. The first-order valence-corrected chi connectivity index (χ1v) is 10.3. The van der Waals surface area contributed by atoms with E-state index < -0.39 is 10.0 Å². The van der Waals surface area contributed by atoms with Crippen molar-refractivity contribution in [3.8, 4) is 0 Å². The van der Waals surface area contributed by atoms with Crippen molar-refractivity contribution < 1.29 is 13.2 Å². The molecule has 1 saturated heterocycles. The van der Waals surface area contributed by atoms with Crippen molar-refractivity contribution >= 4 is 15.9 Å². The topological polar surface area (TPSA) is 78.8 Å². The smallest absolute Gasteiger partial charge is 0.262 e. The van der Waals surface area contributed by atoms with E-state index >= 15 is 0 Å². The van der Waals surface area contributed by atoms with E-state index in [4.69, 9.17) is 0 Å². The molecule has 0 saturated carbocycles. The number of carbonyl (C=O) groups excluding carboxylic acids is 1. The summed E-state index contributed by atoms with van der Waals surface area (Å²) in [5, 5.41) is 0.0915. The van der Waals surface area contributed by atoms with Gasteiger partial charge < -0.3 is 9.47 Å². The van der Waals surface area contributed by atoms with E-state index in [1.807, 2.05) is 32.6 Å². The molecule has 0 aromatic carbocycles. The van der Waals surface area contributed by atoms with Crippen molar-refractivity contribution in [2.75, 3.05) is 45.8 Å². The van der Waals surface area contributed by atoms with Crippen LogP contribution in [0, 0.1) is 0 Å². The number of imidazole rings is 1. The number of sulfonamides is 1. The zero-order chi connectivity index (χ0) is 18.6. The van der Waals surface area contributed by atoms with Crippen LogP contribution < -0.4 is 0 Å². The number of amides is 1. The molecule has 0 bridgehead atoms. The van der Waals surface area contributed by atoms with Crippen LogP contribution in [0.1, 0.15) is 33.7 Å². The quantitative estimate of drug-likeness (QED) is 0.703. The summed E-state index contributed by atoms with van der Waals surface area (Å²) >= 11 is 0. The van der Waals surface area contributed by atoms with Crippen LogP contribution in [0.3, 0.4) is 0 Å². The third-order valence-electron chi connectivity index (χ3n) is 4.58. The number of rotatable bonds is 7. The Morgan fingerprint density at radius 2 is 1.80 bits per heavy atom. The maximum Gasteiger partial charge on any atom is 0.262 e. The molecule has 2 rings (SSSR count). The fraction of sp³-hybridized carbons (Fsp3) is 0.750. The molecule has 0 atom stereocenters. The predicted octanol–water partition coefficient (Wildman–Crippen LogP) is 0.639. The molecule has 9 heteroatoms. The number of likely N-dealkylation sites (N-methyl/N-ethyl adjacent to an activating group) is 1. The minimum Gasteiger partial charge on any atom is -0.342 e. The largest absolute Gasteiger partial charge is 0.342 e. The van der Waals surface area contributed by atoms with Crippen LogP contribution in [0.2, 0.25) is 0 Å². The van der Waals surface area contributed by atoms with Gasteiger partial charge in [0.25, 0.3) is 10.0 Å². The summed E-state index contributed by atoms with van der Waals surface area (Å²) < 4.78 is 28.7. The van der Waals surface area contributed by atoms with Crippen LogP contribution in [-0.2, 0) is 14.8 Å². The van der Waals surface area contributed by atoms with Gasteiger partial charge >= 0.3 is 0 Å². The Morgan fingerprint density at radius 3 is 2.28 bits per heavy atom. The molecule has 8 nitrogen and oxygen atoms in total. The minimum atomic E-state index is -3.57. The summed E-state index contributed by atoms with van der Waals surface area (Å²) in [7, 11) is -3.57. The molecule has 2 heterocycles. The normalized spacial score (nSPS) is 17.2. The van der Waals surface area contributed by atoms with Gasteiger partial charge in [-0.15, -0.1) is 0 Å². The third kappa shape index (κ3) is 4.59. The van der Waals surface area contributed by atoms with E-state index in [2.05, 4.69) is 4.98 Å². The fourth-order valence-electron chi connectivity index (χ4n) is 2.86. The van der Waals surface area contributed by atoms with Crippen LogP contribution in [0.5, 0.6) is 0 Å². The summed E-state index contributed by atoms with van der Waals surface area (Å²) in [6.07, 6.45) is 3.13. The highest BCUT2D eigenvalue weighted by Gasteiger charge is 2.31. The maximum atomic E-state index is 12.7. The van der Waals surface area contributed by atoms with Crippen molar-refractivity contribution in [2.24, 2.45) is 0 Å². The van der Waals surface area contributed by atoms with E-state index in [1.165, 1.54) is 4.31 Å². The molecule has 1 aromatic rings. The van der Waals surface area contributed by atoms with Gasteiger partial charge in [-0.1, -0.05) is 0 Å². The lowest BCUT2D eigenvalue weighted by atomic mass is 10.3. The molecule has 142 valence electrons. The molecule has 1 fully saturated rings. The van der Waals surface area contributed by atoms with Crippen molar-refractivity contribution in [1.82, 2.24) is 23.7 Å². The van der Waals surface area contributed by atoms with Crippen LogP contribution in [0.4, 0.5) is 0 Å². The monoisotopic (exact) mass is 371 g/mol. The van der Waals surface area contributed by atoms with E-state index in [0.29, 0.717) is 45.8 Å². The lowest BCUT2D eigenvalue weighted by molar-refractivity contribution is -0.132. The molecular weight excluding hydrogens is 342 g/mol. The number of hydrogen-bond acceptors (Lipinski definition) is 5. The average molecular weight is 372 g/mol.